The van der Waals surface area contributed by atoms with Crippen molar-refractivity contribution in [3.63, 3.8) is 0 Å². The van der Waals surface area contributed by atoms with E-state index in [4.69, 9.17) is 4.74 Å². The number of benzene rings is 2. The molecule has 170 valence electrons. The number of ether oxygens (including phenoxy) is 1. The van der Waals surface area contributed by atoms with E-state index in [1.54, 1.807) is 18.2 Å². The molecule has 2 aromatic rings. The van der Waals surface area contributed by atoms with Gasteiger partial charge >= 0.3 is 11.8 Å². The summed E-state index contributed by atoms with van der Waals surface area (Å²) in [5.41, 5.74) is 4.33. The van der Waals surface area contributed by atoms with Crippen LogP contribution in [0.4, 0.5) is 11.4 Å². The third-order valence-corrected chi connectivity index (χ3v) is 6.44. The van der Waals surface area contributed by atoms with Crippen molar-refractivity contribution < 1.29 is 14.3 Å². The molecule has 1 saturated heterocycles. The van der Waals surface area contributed by atoms with Crippen LogP contribution >= 0.6 is 0 Å². The lowest BCUT2D eigenvalue weighted by atomic mass is 9.96. The Kier molecular flexibility index (Phi) is 6.95. The molecule has 0 radical (unpaired) electrons. The summed E-state index contributed by atoms with van der Waals surface area (Å²) in [7, 11) is 3.66. The van der Waals surface area contributed by atoms with E-state index < -0.39 is 11.8 Å². The minimum absolute atomic E-state index is 0.0537. The number of fused-ring (bicyclic) bond motifs is 1. The van der Waals surface area contributed by atoms with E-state index in [2.05, 4.69) is 45.7 Å². The predicted octanol–water partition coefficient (Wildman–Crippen LogP) is 2.97. The number of aryl methyl sites for hydroxylation is 1. The van der Waals surface area contributed by atoms with Crippen LogP contribution in [0.1, 0.15) is 36.4 Å². The molecular formula is C25H32N4O3. The minimum atomic E-state index is -0.693. The third kappa shape index (κ3) is 4.88. The highest BCUT2D eigenvalue weighted by Crippen LogP contribution is 2.32. The van der Waals surface area contributed by atoms with Gasteiger partial charge in [0.1, 0.15) is 5.75 Å². The first-order chi connectivity index (χ1) is 15.6. The second-order valence-electron chi connectivity index (χ2n) is 8.54. The van der Waals surface area contributed by atoms with Gasteiger partial charge in [-0.2, -0.15) is 0 Å². The Morgan fingerprint density at radius 3 is 2.59 bits per heavy atom. The second-order valence-corrected chi connectivity index (χ2v) is 8.54. The number of likely N-dealkylation sites (tertiary alicyclic amines) is 1. The van der Waals surface area contributed by atoms with Crippen LogP contribution in [-0.2, 0) is 16.0 Å². The number of hydrogen-bond donors (Lipinski definition) is 2. The lowest BCUT2D eigenvalue weighted by Gasteiger charge is -2.31. The number of carbonyl (C=O) groups is 2. The zero-order valence-electron chi connectivity index (χ0n) is 18.9. The molecule has 0 saturated carbocycles. The van der Waals surface area contributed by atoms with Crippen molar-refractivity contribution in [2.75, 3.05) is 50.6 Å². The van der Waals surface area contributed by atoms with Gasteiger partial charge in [0, 0.05) is 25.8 Å². The fourth-order valence-electron chi connectivity index (χ4n) is 4.72. The van der Waals surface area contributed by atoms with Crippen LogP contribution in [0.25, 0.3) is 0 Å². The van der Waals surface area contributed by atoms with Crippen LogP contribution in [-0.4, -0.2) is 57.1 Å². The molecule has 1 atom stereocenters. The molecule has 4 rings (SSSR count). The SMILES string of the molecule is COc1ccccc1NC(=O)C(=O)NCC(c1ccc2c(c1)CCCN2C)N1CCCC1. The number of hydrogen-bond acceptors (Lipinski definition) is 5. The van der Waals surface area contributed by atoms with Crippen LogP contribution < -0.4 is 20.3 Å². The normalized spacial score (nSPS) is 16.9. The Morgan fingerprint density at radius 1 is 1.03 bits per heavy atom. The molecule has 7 heteroatoms. The lowest BCUT2D eigenvalue weighted by molar-refractivity contribution is -0.136. The van der Waals surface area contributed by atoms with Crippen LogP contribution in [0.5, 0.6) is 5.75 Å². The van der Waals surface area contributed by atoms with Crippen LogP contribution in [0.15, 0.2) is 42.5 Å². The Hall–Kier alpha value is -3.06. The first-order valence-electron chi connectivity index (χ1n) is 11.4. The molecule has 2 aromatic carbocycles. The Morgan fingerprint density at radius 2 is 1.81 bits per heavy atom. The molecule has 1 fully saturated rings. The van der Waals surface area contributed by atoms with Gasteiger partial charge in [0.15, 0.2) is 0 Å². The standard InChI is InChI=1S/C25H32N4O3/c1-28-13-7-8-18-16-19(11-12-21(18)28)22(29-14-5-6-15-29)17-26-24(30)25(31)27-20-9-3-4-10-23(20)32-2/h3-4,9-12,16,22H,5-8,13-15,17H2,1-2H3,(H,26,30)(H,27,31). The maximum Gasteiger partial charge on any atom is 0.313 e. The molecule has 2 heterocycles. The summed E-state index contributed by atoms with van der Waals surface area (Å²) >= 11 is 0. The minimum Gasteiger partial charge on any atom is -0.495 e. The molecule has 0 bridgehead atoms. The first-order valence-corrected chi connectivity index (χ1v) is 11.4. The largest absolute Gasteiger partial charge is 0.495 e. The van der Waals surface area contributed by atoms with E-state index in [-0.39, 0.29) is 6.04 Å². The van der Waals surface area contributed by atoms with Gasteiger partial charge in [0.25, 0.3) is 0 Å². The van der Waals surface area contributed by atoms with Crippen molar-refractivity contribution in [1.82, 2.24) is 10.2 Å². The fourth-order valence-corrected chi connectivity index (χ4v) is 4.72. The average molecular weight is 437 g/mol. The van der Waals surface area contributed by atoms with E-state index in [9.17, 15) is 9.59 Å². The third-order valence-electron chi connectivity index (χ3n) is 6.44. The number of methoxy groups -OCH3 is 1. The molecule has 0 aliphatic carbocycles. The monoisotopic (exact) mass is 436 g/mol. The zero-order chi connectivity index (χ0) is 22.5. The molecular weight excluding hydrogens is 404 g/mol. The van der Waals surface area contributed by atoms with Gasteiger partial charge in [-0.1, -0.05) is 24.3 Å². The zero-order valence-corrected chi connectivity index (χ0v) is 18.9. The van der Waals surface area contributed by atoms with Crippen molar-refractivity contribution in [3.05, 3.63) is 53.6 Å². The summed E-state index contributed by atoms with van der Waals surface area (Å²) in [5, 5.41) is 5.51. The van der Waals surface area contributed by atoms with Gasteiger partial charge in [-0.05, 0) is 68.1 Å². The van der Waals surface area contributed by atoms with Crippen molar-refractivity contribution >= 4 is 23.2 Å². The van der Waals surface area contributed by atoms with E-state index in [1.807, 2.05) is 6.07 Å². The summed E-state index contributed by atoms with van der Waals surface area (Å²) < 4.78 is 5.25. The molecule has 2 amide bonds. The number of amides is 2. The smallest absolute Gasteiger partial charge is 0.313 e. The maximum atomic E-state index is 12.6. The van der Waals surface area contributed by atoms with Gasteiger partial charge in [0.2, 0.25) is 0 Å². The summed E-state index contributed by atoms with van der Waals surface area (Å²) in [6.07, 6.45) is 4.55. The van der Waals surface area contributed by atoms with Crippen molar-refractivity contribution in [1.29, 1.82) is 0 Å². The Bertz CT molecular complexity index is 971. The maximum absolute atomic E-state index is 12.6. The van der Waals surface area contributed by atoms with Crippen LogP contribution in [0.3, 0.4) is 0 Å². The quantitative estimate of drug-likeness (QED) is 0.681. The molecule has 2 aliphatic rings. The number of para-hydroxylation sites is 2. The first kappa shape index (κ1) is 22.1. The van der Waals surface area contributed by atoms with E-state index in [1.165, 1.54) is 23.9 Å². The average Bonchev–Trinajstić information content (AvgIpc) is 3.34. The molecule has 1 unspecified atom stereocenters. The highest BCUT2D eigenvalue weighted by atomic mass is 16.5. The predicted molar refractivity (Wildman–Crippen MR) is 126 cm³/mol. The van der Waals surface area contributed by atoms with Gasteiger partial charge in [-0.25, -0.2) is 0 Å². The Balaban J connectivity index is 1.45. The number of anilines is 2. The van der Waals surface area contributed by atoms with Gasteiger partial charge in [0.05, 0.1) is 18.8 Å². The molecule has 7 nitrogen and oxygen atoms in total. The van der Waals surface area contributed by atoms with Crippen molar-refractivity contribution in [2.45, 2.75) is 31.7 Å². The molecule has 2 aliphatic heterocycles. The topological polar surface area (TPSA) is 73.9 Å². The number of rotatable bonds is 6. The van der Waals surface area contributed by atoms with E-state index in [0.29, 0.717) is 18.0 Å². The van der Waals surface area contributed by atoms with Gasteiger partial charge in [-0.15, -0.1) is 0 Å². The number of nitrogens with one attached hydrogen (secondary N) is 2. The van der Waals surface area contributed by atoms with Crippen LogP contribution in [0, 0.1) is 0 Å². The highest BCUT2D eigenvalue weighted by molar-refractivity contribution is 6.39. The summed E-state index contributed by atoms with van der Waals surface area (Å²) in [4.78, 5) is 29.8. The molecule has 0 aromatic heterocycles. The molecule has 2 N–H and O–H groups in total. The fraction of sp³-hybridized carbons (Fsp3) is 0.440. The molecule has 32 heavy (non-hydrogen) atoms. The highest BCUT2D eigenvalue weighted by Gasteiger charge is 2.26. The summed E-state index contributed by atoms with van der Waals surface area (Å²) in [5.74, 6) is -0.817. The van der Waals surface area contributed by atoms with Gasteiger partial charge < -0.3 is 20.3 Å². The second kappa shape index (κ2) is 10.0. The van der Waals surface area contributed by atoms with Gasteiger partial charge in [-0.3, -0.25) is 14.5 Å². The molecule has 0 spiro atoms. The lowest BCUT2D eigenvalue weighted by Crippen LogP contribution is -2.41. The summed E-state index contributed by atoms with van der Waals surface area (Å²) in [6, 6.07) is 13.8. The Labute approximate surface area is 189 Å². The van der Waals surface area contributed by atoms with E-state index in [0.717, 1.165) is 45.3 Å². The van der Waals surface area contributed by atoms with Crippen molar-refractivity contribution in [3.8, 4) is 5.75 Å². The van der Waals surface area contributed by atoms with Crippen molar-refractivity contribution in [2.24, 2.45) is 0 Å². The van der Waals surface area contributed by atoms with E-state index >= 15 is 0 Å². The van der Waals surface area contributed by atoms with Crippen LogP contribution in [0.2, 0.25) is 0 Å². The summed E-state index contributed by atoms with van der Waals surface area (Å²) in [6.45, 7) is 3.49. The number of carbonyl (C=O) groups excluding carboxylic acids is 2. The number of nitrogens with zero attached hydrogens (tertiary/aromatic N) is 2.